The molecule has 0 bridgehead atoms. The number of amides is 1. The maximum Gasteiger partial charge on any atom is 0.223 e. The molecule has 0 radical (unpaired) electrons. The van der Waals surface area contributed by atoms with E-state index in [0.717, 1.165) is 12.8 Å². The van der Waals surface area contributed by atoms with Gasteiger partial charge >= 0.3 is 0 Å². The molecule has 0 aromatic carbocycles. The highest BCUT2D eigenvalue weighted by molar-refractivity contribution is 5.76. The fraction of sp³-hybridized carbons (Fsp3) is 0.929. The van der Waals surface area contributed by atoms with Gasteiger partial charge in [-0.25, -0.2) is 0 Å². The molecular weight excluding hydrogens is 198 g/mol. The molecule has 94 valence electrons. The number of carbonyl (C=O) groups is 1. The van der Waals surface area contributed by atoms with Gasteiger partial charge in [0.05, 0.1) is 0 Å². The molecular formula is C14H27NO. The lowest BCUT2D eigenvalue weighted by Gasteiger charge is -2.39. The van der Waals surface area contributed by atoms with E-state index in [1.54, 1.807) is 0 Å². The van der Waals surface area contributed by atoms with Crippen molar-refractivity contribution in [3.63, 3.8) is 0 Å². The van der Waals surface area contributed by atoms with Gasteiger partial charge in [0, 0.05) is 18.5 Å². The van der Waals surface area contributed by atoms with E-state index in [4.69, 9.17) is 0 Å². The van der Waals surface area contributed by atoms with Gasteiger partial charge in [0.1, 0.15) is 0 Å². The van der Waals surface area contributed by atoms with E-state index in [9.17, 15) is 4.79 Å². The Hall–Kier alpha value is -0.530. The number of hydrogen-bond donors (Lipinski definition) is 0. The predicted octanol–water partition coefficient (Wildman–Crippen LogP) is 3.75. The van der Waals surface area contributed by atoms with Gasteiger partial charge in [-0.3, -0.25) is 4.79 Å². The molecule has 0 saturated carbocycles. The molecule has 1 fully saturated rings. The van der Waals surface area contributed by atoms with Crippen LogP contribution >= 0.6 is 0 Å². The number of carbonyl (C=O) groups excluding carboxylic acids is 1. The van der Waals surface area contributed by atoms with Crippen molar-refractivity contribution in [3.8, 4) is 0 Å². The number of piperidine rings is 1. The average Bonchev–Trinajstić information content (AvgIpc) is 2.24. The third-order valence-corrected chi connectivity index (χ3v) is 3.73. The molecule has 1 saturated heterocycles. The number of nitrogens with zero attached hydrogens (tertiary/aromatic N) is 1. The lowest BCUT2D eigenvalue weighted by molar-refractivity contribution is -0.137. The molecule has 1 rings (SSSR count). The summed E-state index contributed by atoms with van der Waals surface area (Å²) in [6, 6.07) is 0.921. The number of unbranched alkanes of at least 4 members (excludes halogenated alkanes) is 3. The monoisotopic (exact) mass is 225 g/mol. The highest BCUT2D eigenvalue weighted by atomic mass is 16.2. The first-order valence-corrected chi connectivity index (χ1v) is 6.98. The minimum absolute atomic E-state index is 0.385. The summed E-state index contributed by atoms with van der Waals surface area (Å²) < 4.78 is 0. The van der Waals surface area contributed by atoms with Crippen molar-refractivity contribution in [2.24, 2.45) is 0 Å². The van der Waals surface area contributed by atoms with Gasteiger partial charge < -0.3 is 4.90 Å². The third-order valence-electron chi connectivity index (χ3n) is 3.73. The van der Waals surface area contributed by atoms with Crippen LogP contribution in [-0.4, -0.2) is 22.9 Å². The Bertz CT molecular complexity index is 205. The van der Waals surface area contributed by atoms with Crippen LogP contribution in [0.3, 0.4) is 0 Å². The summed E-state index contributed by atoms with van der Waals surface area (Å²) in [5.41, 5.74) is 0. The highest BCUT2D eigenvalue weighted by Gasteiger charge is 2.27. The molecule has 0 aromatic heterocycles. The topological polar surface area (TPSA) is 20.3 Å². The van der Waals surface area contributed by atoms with Crippen LogP contribution in [0.4, 0.5) is 0 Å². The van der Waals surface area contributed by atoms with Crippen LogP contribution in [0.1, 0.15) is 72.1 Å². The van der Waals surface area contributed by atoms with E-state index in [-0.39, 0.29) is 0 Å². The Morgan fingerprint density at radius 1 is 1.12 bits per heavy atom. The van der Waals surface area contributed by atoms with Gasteiger partial charge in [-0.15, -0.1) is 0 Å². The molecule has 0 aromatic rings. The minimum Gasteiger partial charge on any atom is -0.337 e. The van der Waals surface area contributed by atoms with Gasteiger partial charge in [0.2, 0.25) is 5.91 Å². The van der Waals surface area contributed by atoms with Gasteiger partial charge in [-0.05, 0) is 39.5 Å². The maximum absolute atomic E-state index is 12.1. The Labute approximate surface area is 100 Å². The SMILES string of the molecule is CCCCCCC(=O)N1[C@H](C)CCC[C@H]1C. The van der Waals surface area contributed by atoms with E-state index in [0.29, 0.717) is 18.0 Å². The quantitative estimate of drug-likeness (QED) is 0.653. The Morgan fingerprint density at radius 3 is 2.31 bits per heavy atom. The second-order valence-electron chi connectivity index (χ2n) is 5.24. The second-order valence-corrected chi connectivity index (χ2v) is 5.24. The molecule has 0 N–H and O–H groups in total. The summed E-state index contributed by atoms with van der Waals surface area (Å²) in [6.45, 7) is 6.59. The second kappa shape index (κ2) is 6.93. The van der Waals surface area contributed by atoms with Crippen LogP contribution in [0.2, 0.25) is 0 Å². The van der Waals surface area contributed by atoms with Gasteiger partial charge in [0.25, 0.3) is 0 Å². The molecule has 2 nitrogen and oxygen atoms in total. The Balaban J connectivity index is 2.33. The zero-order chi connectivity index (χ0) is 12.0. The van der Waals surface area contributed by atoms with E-state index in [2.05, 4.69) is 25.7 Å². The van der Waals surface area contributed by atoms with Crippen molar-refractivity contribution in [1.29, 1.82) is 0 Å². The smallest absolute Gasteiger partial charge is 0.223 e. The van der Waals surface area contributed by atoms with Crippen molar-refractivity contribution in [2.75, 3.05) is 0 Å². The lowest BCUT2D eigenvalue weighted by atomic mass is 9.96. The fourth-order valence-electron chi connectivity index (χ4n) is 2.74. The van der Waals surface area contributed by atoms with Crippen LogP contribution in [-0.2, 0) is 4.79 Å². The molecule has 0 unspecified atom stereocenters. The average molecular weight is 225 g/mol. The molecule has 1 aliphatic rings. The summed E-state index contributed by atoms with van der Waals surface area (Å²) in [6.07, 6.45) is 9.19. The van der Waals surface area contributed by atoms with E-state index >= 15 is 0 Å². The molecule has 2 atom stereocenters. The minimum atomic E-state index is 0.385. The maximum atomic E-state index is 12.1. The number of rotatable bonds is 5. The van der Waals surface area contributed by atoms with Crippen LogP contribution in [0, 0.1) is 0 Å². The fourth-order valence-corrected chi connectivity index (χ4v) is 2.74. The Kier molecular flexibility index (Phi) is 5.86. The standard InChI is InChI=1S/C14H27NO/c1-4-5-6-7-11-14(16)15-12(2)9-8-10-13(15)3/h12-13H,4-11H2,1-3H3/t12-,13-/m1/s1. The molecule has 0 aliphatic carbocycles. The molecule has 2 heteroatoms. The van der Waals surface area contributed by atoms with Crippen molar-refractivity contribution in [3.05, 3.63) is 0 Å². The molecule has 1 amide bonds. The van der Waals surface area contributed by atoms with Crippen molar-refractivity contribution >= 4 is 5.91 Å². The van der Waals surface area contributed by atoms with Gasteiger partial charge in [0.15, 0.2) is 0 Å². The highest BCUT2D eigenvalue weighted by Crippen LogP contribution is 2.23. The van der Waals surface area contributed by atoms with E-state index in [1.807, 2.05) is 0 Å². The first-order valence-electron chi connectivity index (χ1n) is 6.98. The van der Waals surface area contributed by atoms with Gasteiger partial charge in [-0.2, -0.15) is 0 Å². The molecule has 1 aliphatic heterocycles. The molecule has 0 spiro atoms. The zero-order valence-electron chi connectivity index (χ0n) is 11.2. The predicted molar refractivity (Wildman–Crippen MR) is 68.4 cm³/mol. The summed E-state index contributed by atoms with van der Waals surface area (Å²) in [4.78, 5) is 14.2. The zero-order valence-corrected chi connectivity index (χ0v) is 11.2. The van der Waals surface area contributed by atoms with Crippen LogP contribution in [0.25, 0.3) is 0 Å². The van der Waals surface area contributed by atoms with Crippen LogP contribution < -0.4 is 0 Å². The normalized spacial score (nSPS) is 25.8. The Morgan fingerprint density at radius 2 is 1.75 bits per heavy atom. The first-order chi connectivity index (χ1) is 7.66. The van der Waals surface area contributed by atoms with Gasteiger partial charge in [-0.1, -0.05) is 26.2 Å². The molecule has 16 heavy (non-hydrogen) atoms. The molecule has 1 heterocycles. The summed E-state index contributed by atoms with van der Waals surface area (Å²) >= 11 is 0. The number of likely N-dealkylation sites (tertiary alicyclic amines) is 1. The lowest BCUT2D eigenvalue weighted by Crippen LogP contribution is -2.47. The van der Waals surface area contributed by atoms with E-state index in [1.165, 1.54) is 38.5 Å². The van der Waals surface area contributed by atoms with Crippen molar-refractivity contribution < 1.29 is 4.79 Å². The van der Waals surface area contributed by atoms with Crippen LogP contribution in [0.5, 0.6) is 0 Å². The van der Waals surface area contributed by atoms with Crippen molar-refractivity contribution in [2.45, 2.75) is 84.2 Å². The third kappa shape index (κ3) is 3.80. The summed E-state index contributed by atoms with van der Waals surface area (Å²) in [5, 5.41) is 0. The largest absolute Gasteiger partial charge is 0.337 e. The van der Waals surface area contributed by atoms with Crippen LogP contribution in [0.15, 0.2) is 0 Å². The number of hydrogen-bond acceptors (Lipinski definition) is 1. The van der Waals surface area contributed by atoms with E-state index < -0.39 is 0 Å². The van der Waals surface area contributed by atoms with Crippen molar-refractivity contribution in [1.82, 2.24) is 4.90 Å². The first kappa shape index (κ1) is 13.5. The summed E-state index contributed by atoms with van der Waals surface area (Å²) in [5.74, 6) is 0.385. The summed E-state index contributed by atoms with van der Waals surface area (Å²) in [7, 11) is 0.